The van der Waals surface area contributed by atoms with Crippen molar-refractivity contribution in [3.63, 3.8) is 0 Å². The maximum atomic E-state index is 11.6. The van der Waals surface area contributed by atoms with Crippen molar-refractivity contribution >= 4 is 14.2 Å². The summed E-state index contributed by atoms with van der Waals surface area (Å²) in [5.74, 6) is -0.147. The molecular weight excluding hydrogens is 246 g/mol. The zero-order chi connectivity index (χ0) is 13.8. The van der Waals surface area contributed by atoms with Gasteiger partial charge in [0.25, 0.3) is 5.91 Å². The second-order valence-electron chi connectivity index (χ2n) is 5.83. The molecule has 1 heterocycles. The van der Waals surface area contributed by atoms with Crippen molar-refractivity contribution in [2.75, 3.05) is 13.2 Å². The molecule has 0 aliphatic carbocycles. The molecule has 0 spiro atoms. The first-order valence-corrected chi connectivity index (χ1v) is 9.06. The van der Waals surface area contributed by atoms with E-state index in [4.69, 9.17) is 4.43 Å². The third kappa shape index (κ3) is 3.96. The Balaban J connectivity index is 2.29. The normalized spacial score (nSPS) is 12.5. The van der Waals surface area contributed by atoms with Gasteiger partial charge in [-0.3, -0.25) is 9.89 Å². The maximum absolute atomic E-state index is 11.6. The summed E-state index contributed by atoms with van der Waals surface area (Å²) in [6.45, 7) is 12.1. The first-order chi connectivity index (χ1) is 8.24. The van der Waals surface area contributed by atoms with E-state index in [1.54, 1.807) is 12.3 Å². The summed E-state index contributed by atoms with van der Waals surface area (Å²) in [5, 5.41) is 9.35. The summed E-state index contributed by atoms with van der Waals surface area (Å²) >= 11 is 0. The zero-order valence-corrected chi connectivity index (χ0v) is 12.8. The van der Waals surface area contributed by atoms with Gasteiger partial charge in [0, 0.05) is 12.7 Å². The van der Waals surface area contributed by atoms with Crippen LogP contribution in [0.2, 0.25) is 18.1 Å². The van der Waals surface area contributed by atoms with Crippen LogP contribution in [0, 0.1) is 0 Å². The third-order valence-electron chi connectivity index (χ3n) is 3.40. The Kier molecular flexibility index (Phi) is 4.69. The minimum absolute atomic E-state index is 0.147. The molecule has 0 aliphatic heterocycles. The Labute approximate surface area is 109 Å². The molecule has 0 unspecified atom stereocenters. The number of amides is 1. The van der Waals surface area contributed by atoms with Gasteiger partial charge in [-0.05, 0) is 24.2 Å². The number of carbonyl (C=O) groups excluding carboxylic acids is 1. The number of nitrogens with one attached hydrogen (secondary N) is 2. The van der Waals surface area contributed by atoms with Crippen LogP contribution in [0.5, 0.6) is 0 Å². The first-order valence-electron chi connectivity index (χ1n) is 6.15. The molecule has 5 nitrogen and oxygen atoms in total. The second kappa shape index (κ2) is 5.66. The van der Waals surface area contributed by atoms with Crippen molar-refractivity contribution in [1.82, 2.24) is 15.5 Å². The highest BCUT2D eigenvalue weighted by atomic mass is 28.4. The smallest absolute Gasteiger partial charge is 0.269 e. The number of carbonyl (C=O) groups is 1. The van der Waals surface area contributed by atoms with Crippen LogP contribution in [0.15, 0.2) is 12.3 Å². The predicted molar refractivity (Wildman–Crippen MR) is 74.1 cm³/mol. The summed E-state index contributed by atoms with van der Waals surface area (Å²) in [4.78, 5) is 11.6. The van der Waals surface area contributed by atoms with E-state index in [2.05, 4.69) is 49.4 Å². The lowest BCUT2D eigenvalue weighted by Gasteiger charge is -2.36. The van der Waals surface area contributed by atoms with Crippen LogP contribution < -0.4 is 5.32 Å². The number of rotatable bonds is 5. The predicted octanol–water partition coefficient (Wildman–Crippen LogP) is 2.16. The first kappa shape index (κ1) is 14.9. The van der Waals surface area contributed by atoms with E-state index in [9.17, 15) is 4.79 Å². The fourth-order valence-electron chi connectivity index (χ4n) is 1.16. The largest absolute Gasteiger partial charge is 0.415 e. The average Bonchev–Trinajstić information content (AvgIpc) is 2.75. The molecule has 6 heteroatoms. The van der Waals surface area contributed by atoms with Gasteiger partial charge < -0.3 is 9.74 Å². The number of hydrogen-bond donors (Lipinski definition) is 2. The Bertz CT molecular complexity index is 383. The SMILES string of the molecule is CC(C)(C)[Si](C)(C)OCCNC(=O)c1ccn[nH]1. The standard InChI is InChI=1S/C12H23N3O2Si/c1-12(2,3)18(4,5)17-9-8-13-11(16)10-6-7-14-15-10/h6-7H,8-9H2,1-5H3,(H,13,16)(H,14,15). The van der Waals surface area contributed by atoms with Gasteiger partial charge in [-0.15, -0.1) is 0 Å². The molecule has 0 fully saturated rings. The third-order valence-corrected chi connectivity index (χ3v) is 7.94. The summed E-state index contributed by atoms with van der Waals surface area (Å²) in [5.41, 5.74) is 0.474. The van der Waals surface area contributed by atoms with Crippen molar-refractivity contribution in [2.45, 2.75) is 38.9 Å². The summed E-state index contributed by atoms with van der Waals surface area (Å²) in [6.07, 6.45) is 1.56. The molecule has 0 radical (unpaired) electrons. The topological polar surface area (TPSA) is 67.0 Å². The van der Waals surface area contributed by atoms with Crippen molar-refractivity contribution in [2.24, 2.45) is 0 Å². The van der Waals surface area contributed by atoms with E-state index in [1.165, 1.54) is 0 Å². The quantitative estimate of drug-likeness (QED) is 0.636. The minimum atomic E-state index is -1.71. The van der Waals surface area contributed by atoms with E-state index in [0.29, 0.717) is 18.8 Å². The fraction of sp³-hybridized carbons (Fsp3) is 0.667. The van der Waals surface area contributed by atoms with Crippen molar-refractivity contribution in [3.8, 4) is 0 Å². The number of hydrogen-bond acceptors (Lipinski definition) is 3. The molecule has 2 N–H and O–H groups in total. The monoisotopic (exact) mass is 269 g/mol. The van der Waals surface area contributed by atoms with Gasteiger partial charge in [0.05, 0.1) is 6.61 Å². The van der Waals surface area contributed by atoms with Crippen LogP contribution in [-0.2, 0) is 4.43 Å². The lowest BCUT2D eigenvalue weighted by Crippen LogP contribution is -2.42. The van der Waals surface area contributed by atoms with Gasteiger partial charge in [0.15, 0.2) is 8.32 Å². The lowest BCUT2D eigenvalue weighted by atomic mass is 10.2. The maximum Gasteiger partial charge on any atom is 0.269 e. The van der Waals surface area contributed by atoms with E-state index in [-0.39, 0.29) is 10.9 Å². The molecule has 102 valence electrons. The molecule has 0 saturated heterocycles. The number of aromatic amines is 1. The average molecular weight is 269 g/mol. The zero-order valence-electron chi connectivity index (χ0n) is 11.8. The lowest BCUT2D eigenvalue weighted by molar-refractivity contribution is 0.0940. The molecule has 0 bridgehead atoms. The van der Waals surface area contributed by atoms with Crippen molar-refractivity contribution < 1.29 is 9.22 Å². The minimum Gasteiger partial charge on any atom is -0.415 e. The second-order valence-corrected chi connectivity index (χ2v) is 10.6. The van der Waals surface area contributed by atoms with Crippen LogP contribution >= 0.6 is 0 Å². The van der Waals surface area contributed by atoms with Crippen molar-refractivity contribution in [3.05, 3.63) is 18.0 Å². The highest BCUT2D eigenvalue weighted by Gasteiger charge is 2.36. The Morgan fingerprint density at radius 1 is 1.50 bits per heavy atom. The molecule has 1 aromatic rings. The van der Waals surface area contributed by atoms with E-state index in [1.807, 2.05) is 0 Å². The Hall–Kier alpha value is -1.14. The summed E-state index contributed by atoms with van der Waals surface area (Å²) < 4.78 is 5.96. The van der Waals surface area contributed by atoms with E-state index >= 15 is 0 Å². The highest BCUT2D eigenvalue weighted by molar-refractivity contribution is 6.74. The van der Waals surface area contributed by atoms with Crippen LogP contribution in [0.25, 0.3) is 0 Å². The summed E-state index contributed by atoms with van der Waals surface area (Å²) in [6, 6.07) is 1.64. The molecule has 1 amide bonds. The molecule has 1 rings (SSSR count). The molecule has 0 atom stereocenters. The summed E-state index contributed by atoms with van der Waals surface area (Å²) in [7, 11) is -1.71. The van der Waals surface area contributed by atoms with Crippen LogP contribution in [0.4, 0.5) is 0 Å². The molecule has 0 saturated carbocycles. The molecular formula is C12H23N3O2Si. The van der Waals surface area contributed by atoms with Gasteiger partial charge in [-0.1, -0.05) is 20.8 Å². The van der Waals surface area contributed by atoms with Gasteiger partial charge in [0.1, 0.15) is 5.69 Å². The van der Waals surface area contributed by atoms with Crippen LogP contribution in [-0.4, -0.2) is 37.6 Å². The molecule has 0 aromatic carbocycles. The van der Waals surface area contributed by atoms with Gasteiger partial charge >= 0.3 is 0 Å². The Morgan fingerprint density at radius 2 is 2.17 bits per heavy atom. The van der Waals surface area contributed by atoms with Crippen LogP contribution in [0.1, 0.15) is 31.3 Å². The fourth-order valence-corrected chi connectivity index (χ4v) is 2.21. The molecule has 18 heavy (non-hydrogen) atoms. The van der Waals surface area contributed by atoms with Gasteiger partial charge in [0.2, 0.25) is 0 Å². The van der Waals surface area contributed by atoms with E-state index in [0.717, 1.165) is 0 Å². The van der Waals surface area contributed by atoms with Crippen molar-refractivity contribution in [1.29, 1.82) is 0 Å². The Morgan fingerprint density at radius 3 is 2.67 bits per heavy atom. The van der Waals surface area contributed by atoms with Crippen LogP contribution in [0.3, 0.4) is 0 Å². The molecule has 1 aromatic heterocycles. The number of nitrogens with zero attached hydrogens (tertiary/aromatic N) is 1. The molecule has 0 aliphatic rings. The highest BCUT2D eigenvalue weighted by Crippen LogP contribution is 2.36. The van der Waals surface area contributed by atoms with E-state index < -0.39 is 8.32 Å². The van der Waals surface area contributed by atoms with Gasteiger partial charge in [-0.25, -0.2) is 0 Å². The number of aromatic nitrogens is 2. The number of H-pyrrole nitrogens is 1. The van der Waals surface area contributed by atoms with Gasteiger partial charge in [-0.2, -0.15) is 5.10 Å².